The van der Waals surface area contributed by atoms with Crippen molar-refractivity contribution in [2.75, 3.05) is 13.2 Å². The zero-order valence-corrected chi connectivity index (χ0v) is 54.0. The monoisotopic (exact) mass is 1270 g/mol. The number of nitrogens with two attached hydrogens (primary N) is 6. The number of carbonyl (C=O) groups is 7. The number of allylic oxidation sites excluding steroid dienone is 6. The molecule has 7 amide bonds. The number of fused-ring (bicyclic) bond motifs is 6. The average molecular weight is 1270 g/mol. The quantitative estimate of drug-likeness (QED) is 0.0601. The minimum absolute atomic E-state index is 0.0372. The van der Waals surface area contributed by atoms with Gasteiger partial charge >= 0.3 is 7.82 Å². The summed E-state index contributed by atoms with van der Waals surface area (Å²) < 4.78 is 32.2. The molecule has 490 valence electrons. The maximum absolute atomic E-state index is 14.4. The molecule has 0 aliphatic carbocycles. The van der Waals surface area contributed by atoms with Crippen LogP contribution in [0.2, 0.25) is 0 Å². The van der Waals surface area contributed by atoms with Crippen LogP contribution in [0.5, 0.6) is 0 Å². The van der Waals surface area contributed by atoms with E-state index in [1.807, 2.05) is 66.7 Å². The molecule has 28 heteroatoms. The molecule has 6 aliphatic rings. The van der Waals surface area contributed by atoms with Gasteiger partial charge in [-0.25, -0.2) is 9.55 Å². The summed E-state index contributed by atoms with van der Waals surface area (Å²) in [6.45, 7) is 19.0. The average Bonchev–Trinajstić information content (AvgIpc) is 1.53. The van der Waals surface area contributed by atoms with Gasteiger partial charge in [0.2, 0.25) is 41.4 Å². The lowest BCUT2D eigenvalue weighted by molar-refractivity contribution is -0.123. The normalized spacial score (nSPS) is 33.4. The second kappa shape index (κ2) is 25.5. The van der Waals surface area contributed by atoms with Crippen LogP contribution in [-0.2, 0) is 51.9 Å². The number of phosphoric ester groups is 1. The lowest BCUT2D eigenvalue weighted by Crippen LogP contribution is -2.54. The topological polar surface area (TPSA) is 460 Å². The first-order valence-electron chi connectivity index (χ1n) is 30.4. The number of nitrogens with one attached hydrogen (secondary N) is 1. The fraction of sp³-hybridized carbons (Fsp3) is 0.613. The molecular formula is C62H88N13O14P. The largest absolute Gasteiger partial charge is 0.472 e. The molecule has 1 aromatic carbocycles. The van der Waals surface area contributed by atoms with Gasteiger partial charge in [0.25, 0.3) is 0 Å². The number of hydrogen-bond acceptors (Lipinski definition) is 18. The summed E-state index contributed by atoms with van der Waals surface area (Å²) in [4.78, 5) is 131. The summed E-state index contributed by atoms with van der Waals surface area (Å²) in [5.41, 5.74) is 36.8. The third-order valence-electron chi connectivity index (χ3n) is 20.2. The van der Waals surface area contributed by atoms with Gasteiger partial charge in [0, 0.05) is 120 Å². The Balaban J connectivity index is 1.20. The van der Waals surface area contributed by atoms with Crippen molar-refractivity contribution in [3.63, 3.8) is 0 Å². The fourth-order valence-corrected chi connectivity index (χ4v) is 16.2. The summed E-state index contributed by atoms with van der Waals surface area (Å²) in [7, 11) is -5.07. The number of rotatable bonds is 26. The van der Waals surface area contributed by atoms with E-state index in [1.165, 1.54) is 13.3 Å². The summed E-state index contributed by atoms with van der Waals surface area (Å²) >= 11 is 0. The van der Waals surface area contributed by atoms with Crippen molar-refractivity contribution in [3.05, 3.63) is 63.9 Å². The van der Waals surface area contributed by atoms with Crippen molar-refractivity contribution < 1.29 is 67.0 Å². The highest BCUT2D eigenvalue weighted by Crippen LogP contribution is 2.62. The Labute approximate surface area is 522 Å². The molecule has 1 saturated heterocycles. The SMILES string of the molecule is C/C1=C2N=C(/C=C3N=C(/C(C)=C4\N=C(C(CC(N)=O)C4(C)CCC(=O)NC[C@@H](C)OP(=O)(O)OC4C(O)[C@@H](n5cnc6cc(C)c(C)cc65)O[C@@H]4CO)C4(C)N=C1C(CCC(N)=O)C4(C)CC(N)=O)[C@@H](CCC(N)=O)C\3(C)C)C(CCC(N)=O)C/2(C)CC(N)=O. The molecule has 2 aromatic rings. The Morgan fingerprint density at radius 3 is 1.90 bits per heavy atom. The third kappa shape index (κ3) is 12.9. The van der Waals surface area contributed by atoms with E-state index in [9.17, 15) is 53.2 Å². The highest BCUT2D eigenvalue weighted by atomic mass is 31.2. The van der Waals surface area contributed by atoms with Crippen LogP contribution in [0.3, 0.4) is 0 Å². The highest BCUT2D eigenvalue weighted by Gasteiger charge is 2.65. The Hall–Kier alpha value is -7.13. The molecule has 10 unspecified atom stereocenters. The Morgan fingerprint density at radius 2 is 1.31 bits per heavy atom. The van der Waals surface area contributed by atoms with Crippen LogP contribution in [0.1, 0.15) is 150 Å². The molecule has 27 nitrogen and oxygen atoms in total. The minimum atomic E-state index is -5.07. The summed E-state index contributed by atoms with van der Waals surface area (Å²) in [6.07, 6.45) is -4.63. The Kier molecular flexibility index (Phi) is 19.5. The molecule has 6 aliphatic heterocycles. The predicted molar refractivity (Wildman–Crippen MR) is 334 cm³/mol. The first kappa shape index (κ1) is 68.8. The van der Waals surface area contributed by atoms with E-state index in [1.54, 1.807) is 25.3 Å². The number of ether oxygens (including phenoxy) is 1. The van der Waals surface area contributed by atoms with Crippen molar-refractivity contribution >= 4 is 83.1 Å². The number of hydrogen-bond donors (Lipinski definition) is 10. The van der Waals surface area contributed by atoms with E-state index in [2.05, 4.69) is 10.3 Å². The van der Waals surface area contributed by atoms with E-state index < -0.39 is 137 Å². The number of nitrogens with zero attached hydrogens (tertiary/aromatic N) is 6. The first-order chi connectivity index (χ1) is 41.8. The number of imidazole rings is 1. The molecule has 7 heterocycles. The van der Waals surface area contributed by atoms with Gasteiger partial charge in [0.05, 0.1) is 47.2 Å². The Morgan fingerprint density at radius 1 is 0.733 bits per heavy atom. The van der Waals surface area contributed by atoms with Crippen molar-refractivity contribution in [2.24, 2.45) is 99.7 Å². The van der Waals surface area contributed by atoms with Crippen LogP contribution in [0.25, 0.3) is 11.0 Å². The van der Waals surface area contributed by atoms with Crippen LogP contribution >= 0.6 is 7.82 Å². The number of benzene rings is 1. The van der Waals surface area contributed by atoms with Crippen LogP contribution in [0.15, 0.2) is 72.7 Å². The number of phosphoric acid groups is 1. The van der Waals surface area contributed by atoms with Crippen molar-refractivity contribution in [2.45, 2.75) is 183 Å². The van der Waals surface area contributed by atoms with Gasteiger partial charge in [-0.1, -0.05) is 34.6 Å². The number of amides is 7. The lowest BCUT2D eigenvalue weighted by atomic mass is 9.56. The van der Waals surface area contributed by atoms with E-state index in [0.717, 1.165) is 11.1 Å². The van der Waals surface area contributed by atoms with Crippen LogP contribution in [0, 0.1) is 59.2 Å². The fourth-order valence-electron chi connectivity index (χ4n) is 15.0. The molecule has 0 radical (unpaired) electrons. The molecule has 8 bridgehead atoms. The first-order valence-corrected chi connectivity index (χ1v) is 31.9. The van der Waals surface area contributed by atoms with E-state index >= 15 is 0 Å². The van der Waals surface area contributed by atoms with Crippen LogP contribution < -0.4 is 39.7 Å². The highest BCUT2D eigenvalue weighted by molar-refractivity contribution is 7.47. The summed E-state index contributed by atoms with van der Waals surface area (Å²) in [5.74, 6) is -7.52. The third-order valence-corrected chi connectivity index (χ3v) is 21.3. The zero-order valence-electron chi connectivity index (χ0n) is 53.1. The number of aliphatic hydroxyl groups excluding tert-OH is 2. The van der Waals surface area contributed by atoms with Gasteiger partial charge in [-0.2, -0.15) is 0 Å². The number of carbonyl (C=O) groups excluding carboxylic acids is 7. The van der Waals surface area contributed by atoms with Gasteiger partial charge in [0.15, 0.2) is 6.23 Å². The maximum Gasteiger partial charge on any atom is 0.472 e. The van der Waals surface area contributed by atoms with Gasteiger partial charge in [-0.15, -0.1) is 0 Å². The molecule has 1 aromatic heterocycles. The number of primary amides is 6. The standard InChI is InChI=1S/C62H88N13O14P/c1-29-20-39-40(21-30(29)2)75(28-70-39)57-52(84)53(41(27-76)87-57)89-90(85,86)88-31(3)26-69-49(83)18-19-59(8)37(22-46(66)80)56-62(11)61(10,25-48(68)82)36(14-17-45(65)79)51(74-62)33(5)55-60(9,24-47(67)81)34(12-15-43(63)77)38(71-55)23-42-58(6,7)35(13-16-44(64)78)50(72-42)32(4)54(59)73-56/h20-21,23,28,31,34-37,41,52-53,57,76,84H,12-19,22,24-27H2,1-11H3,(H2,63,77)(H2,64,78)(H2,65,79)(H2,66,80)(H2,67,81)(H2,68,82)(H,69,83)(H,85,86)/b42-23-,54-32-,55-33-/t31-,34?,35-,36?,37?,41-,52?,53?,57+,59?,60?,61?,62?/m1/s1. The summed E-state index contributed by atoms with van der Waals surface area (Å²) in [6, 6.07) is 3.73. The van der Waals surface area contributed by atoms with Crippen molar-refractivity contribution in [1.82, 2.24) is 14.9 Å². The molecule has 1 fully saturated rings. The van der Waals surface area contributed by atoms with E-state index in [-0.39, 0.29) is 77.2 Å². The second-order valence-electron chi connectivity index (χ2n) is 26.8. The second-order valence-corrected chi connectivity index (χ2v) is 28.2. The van der Waals surface area contributed by atoms with Crippen LogP contribution in [-0.4, -0.2) is 132 Å². The Bertz CT molecular complexity index is 3600. The van der Waals surface area contributed by atoms with Crippen molar-refractivity contribution in [1.29, 1.82) is 0 Å². The predicted octanol–water partition coefficient (Wildman–Crippen LogP) is 3.65. The van der Waals surface area contributed by atoms with Gasteiger partial charge in [0.1, 0.15) is 23.9 Å². The van der Waals surface area contributed by atoms with Crippen molar-refractivity contribution in [3.8, 4) is 0 Å². The smallest absolute Gasteiger partial charge is 0.394 e. The number of aryl methyl sites for hydroxylation is 2. The molecular weight excluding hydrogens is 1180 g/mol. The minimum Gasteiger partial charge on any atom is -0.394 e. The zero-order chi connectivity index (χ0) is 66.7. The summed E-state index contributed by atoms with van der Waals surface area (Å²) in [5, 5.41) is 24.6. The molecule has 14 atom stereocenters. The number of aliphatic hydroxyl groups is 2. The van der Waals surface area contributed by atoms with Gasteiger partial charge < -0.3 is 64.1 Å². The maximum atomic E-state index is 14.4. The lowest BCUT2D eigenvalue weighted by Gasteiger charge is -2.45. The molecule has 0 spiro atoms. The number of aromatic nitrogens is 2. The van der Waals surface area contributed by atoms with Gasteiger partial charge in [-0.05, 0) is 108 Å². The van der Waals surface area contributed by atoms with E-state index in [0.29, 0.717) is 62.1 Å². The number of aliphatic imine (C=N–C) groups is 4. The molecule has 16 N–H and O–H groups in total. The van der Waals surface area contributed by atoms with E-state index in [4.69, 9.17) is 68.2 Å². The van der Waals surface area contributed by atoms with Gasteiger partial charge in [-0.3, -0.25) is 62.6 Å². The molecule has 8 rings (SSSR count). The van der Waals surface area contributed by atoms with Crippen LogP contribution in [0.4, 0.5) is 0 Å². The molecule has 90 heavy (non-hydrogen) atoms. The molecule has 0 saturated carbocycles.